The SMILES string of the molecule is O=C(Nc1c[nH]c2ccc(F)cc12)c1cnn(Cc2ccc(C(F)(F)F)cc2)c1. The van der Waals surface area contributed by atoms with Crippen molar-refractivity contribution in [3.05, 3.63) is 83.6 Å². The molecule has 2 heterocycles. The molecule has 5 nitrogen and oxygen atoms in total. The van der Waals surface area contributed by atoms with Crippen LogP contribution in [0.15, 0.2) is 61.1 Å². The molecule has 2 N–H and O–H groups in total. The van der Waals surface area contributed by atoms with E-state index in [9.17, 15) is 22.4 Å². The van der Waals surface area contributed by atoms with E-state index in [0.29, 0.717) is 22.2 Å². The molecule has 4 aromatic rings. The molecular formula is C20H14F4N4O. The van der Waals surface area contributed by atoms with E-state index in [4.69, 9.17) is 0 Å². The molecule has 0 aliphatic carbocycles. The molecule has 29 heavy (non-hydrogen) atoms. The number of alkyl halides is 3. The van der Waals surface area contributed by atoms with Crippen LogP contribution in [0.3, 0.4) is 0 Å². The number of nitrogens with one attached hydrogen (secondary N) is 2. The van der Waals surface area contributed by atoms with Crippen molar-refractivity contribution in [2.45, 2.75) is 12.7 Å². The first-order valence-electron chi connectivity index (χ1n) is 8.56. The molecule has 9 heteroatoms. The molecule has 148 valence electrons. The van der Waals surface area contributed by atoms with Crippen LogP contribution in [0.25, 0.3) is 10.9 Å². The average Bonchev–Trinajstić information content (AvgIpc) is 3.29. The summed E-state index contributed by atoms with van der Waals surface area (Å²) in [6, 6.07) is 8.94. The highest BCUT2D eigenvalue weighted by Gasteiger charge is 2.29. The van der Waals surface area contributed by atoms with Gasteiger partial charge in [0.25, 0.3) is 5.91 Å². The summed E-state index contributed by atoms with van der Waals surface area (Å²) in [7, 11) is 0. The van der Waals surface area contributed by atoms with Gasteiger partial charge in [-0.15, -0.1) is 0 Å². The van der Waals surface area contributed by atoms with E-state index in [1.54, 1.807) is 12.3 Å². The fourth-order valence-corrected chi connectivity index (χ4v) is 2.94. The van der Waals surface area contributed by atoms with E-state index in [1.807, 2.05) is 0 Å². The molecular weight excluding hydrogens is 388 g/mol. The zero-order valence-corrected chi connectivity index (χ0v) is 14.8. The second kappa shape index (κ2) is 7.08. The molecule has 0 fully saturated rings. The lowest BCUT2D eigenvalue weighted by atomic mass is 10.1. The number of benzene rings is 2. The van der Waals surface area contributed by atoms with Crippen molar-refractivity contribution in [2.75, 3.05) is 5.32 Å². The molecule has 0 aliphatic rings. The molecule has 2 aromatic carbocycles. The van der Waals surface area contributed by atoms with Crippen LogP contribution < -0.4 is 5.32 Å². The first-order chi connectivity index (χ1) is 13.8. The Morgan fingerprint density at radius 3 is 2.62 bits per heavy atom. The third kappa shape index (κ3) is 3.98. The summed E-state index contributed by atoms with van der Waals surface area (Å²) in [6.45, 7) is 0.212. The minimum absolute atomic E-state index is 0.212. The second-order valence-corrected chi connectivity index (χ2v) is 6.47. The number of carbonyl (C=O) groups excluding carboxylic acids is 1. The molecule has 0 bridgehead atoms. The maximum atomic E-state index is 13.5. The van der Waals surface area contributed by atoms with Crippen LogP contribution in [0.4, 0.5) is 23.2 Å². The zero-order valence-electron chi connectivity index (χ0n) is 14.8. The number of carbonyl (C=O) groups is 1. The van der Waals surface area contributed by atoms with Gasteiger partial charge >= 0.3 is 6.18 Å². The number of halogens is 4. The van der Waals surface area contributed by atoms with Gasteiger partial charge in [0.2, 0.25) is 0 Å². The highest BCUT2D eigenvalue weighted by Crippen LogP contribution is 2.29. The molecule has 0 radical (unpaired) electrons. The van der Waals surface area contributed by atoms with Gasteiger partial charge in [-0.3, -0.25) is 9.48 Å². The highest BCUT2D eigenvalue weighted by molar-refractivity contribution is 6.08. The number of H-pyrrole nitrogens is 1. The Morgan fingerprint density at radius 1 is 1.14 bits per heavy atom. The van der Waals surface area contributed by atoms with Gasteiger partial charge in [0.1, 0.15) is 5.82 Å². The molecule has 0 aliphatic heterocycles. The molecule has 4 rings (SSSR count). The molecule has 1 amide bonds. The van der Waals surface area contributed by atoms with Crippen LogP contribution >= 0.6 is 0 Å². The molecule has 0 saturated heterocycles. The number of nitrogens with zero attached hydrogens (tertiary/aromatic N) is 2. The van der Waals surface area contributed by atoms with Crippen molar-refractivity contribution in [3.8, 4) is 0 Å². The maximum absolute atomic E-state index is 13.5. The van der Waals surface area contributed by atoms with Crippen molar-refractivity contribution in [2.24, 2.45) is 0 Å². The topological polar surface area (TPSA) is 62.7 Å². The van der Waals surface area contributed by atoms with Crippen molar-refractivity contribution < 1.29 is 22.4 Å². The van der Waals surface area contributed by atoms with Gasteiger partial charge in [-0.05, 0) is 35.9 Å². The summed E-state index contributed by atoms with van der Waals surface area (Å²) >= 11 is 0. The normalized spacial score (nSPS) is 11.7. The average molecular weight is 402 g/mol. The number of hydrogen-bond acceptors (Lipinski definition) is 2. The van der Waals surface area contributed by atoms with Crippen molar-refractivity contribution in [1.82, 2.24) is 14.8 Å². The summed E-state index contributed by atoms with van der Waals surface area (Å²) in [6.07, 6.45) is 0.0205. The summed E-state index contributed by atoms with van der Waals surface area (Å²) in [5.41, 5.74) is 1.26. The quantitative estimate of drug-likeness (QED) is 0.481. The van der Waals surface area contributed by atoms with Gasteiger partial charge < -0.3 is 10.3 Å². The molecule has 0 atom stereocenters. The Balaban J connectivity index is 1.47. The summed E-state index contributed by atoms with van der Waals surface area (Å²) in [4.78, 5) is 15.4. The third-order valence-corrected chi connectivity index (χ3v) is 4.41. The van der Waals surface area contributed by atoms with Gasteiger partial charge in [0, 0.05) is 23.3 Å². The van der Waals surface area contributed by atoms with Crippen molar-refractivity contribution in [3.63, 3.8) is 0 Å². The third-order valence-electron chi connectivity index (χ3n) is 4.41. The highest BCUT2D eigenvalue weighted by atomic mass is 19.4. The van der Waals surface area contributed by atoms with Crippen LogP contribution in [-0.4, -0.2) is 20.7 Å². The van der Waals surface area contributed by atoms with Crippen LogP contribution in [0.1, 0.15) is 21.5 Å². The molecule has 2 aromatic heterocycles. The number of aromatic amines is 1. The molecule has 0 spiro atoms. The van der Waals surface area contributed by atoms with E-state index in [2.05, 4.69) is 15.4 Å². The van der Waals surface area contributed by atoms with Crippen molar-refractivity contribution in [1.29, 1.82) is 0 Å². The Bertz CT molecular complexity index is 1180. The first kappa shape index (κ1) is 18.7. The van der Waals surface area contributed by atoms with Crippen LogP contribution in [0.2, 0.25) is 0 Å². The smallest absolute Gasteiger partial charge is 0.359 e. The fourth-order valence-electron chi connectivity index (χ4n) is 2.94. The number of fused-ring (bicyclic) bond motifs is 1. The Labute approximate surface area is 162 Å². The minimum atomic E-state index is -4.39. The van der Waals surface area contributed by atoms with Gasteiger partial charge in [-0.25, -0.2) is 4.39 Å². The Hall–Kier alpha value is -3.62. The molecule has 0 unspecified atom stereocenters. The number of amides is 1. The summed E-state index contributed by atoms with van der Waals surface area (Å²) in [5, 5.41) is 7.31. The minimum Gasteiger partial charge on any atom is -0.359 e. The van der Waals surface area contributed by atoms with Crippen LogP contribution in [-0.2, 0) is 12.7 Å². The van der Waals surface area contributed by atoms with Crippen molar-refractivity contribution >= 4 is 22.5 Å². The van der Waals surface area contributed by atoms with E-state index in [-0.39, 0.29) is 12.1 Å². The largest absolute Gasteiger partial charge is 0.416 e. The van der Waals surface area contributed by atoms with Gasteiger partial charge in [0.15, 0.2) is 0 Å². The standard InChI is InChI=1S/C20H14F4N4O/c21-15-5-6-17-16(7-15)18(9-25-17)27-19(29)13-8-26-28(11-13)10-12-1-3-14(4-2-12)20(22,23)24/h1-9,11,25H,10H2,(H,27,29). The Kier molecular flexibility index (Phi) is 4.57. The first-order valence-corrected chi connectivity index (χ1v) is 8.56. The maximum Gasteiger partial charge on any atom is 0.416 e. The lowest BCUT2D eigenvalue weighted by Gasteiger charge is -2.07. The van der Waals surface area contributed by atoms with E-state index in [0.717, 1.165) is 12.1 Å². The monoisotopic (exact) mass is 402 g/mol. The number of hydrogen-bond donors (Lipinski definition) is 2. The molecule has 0 saturated carbocycles. The van der Waals surface area contributed by atoms with E-state index >= 15 is 0 Å². The zero-order chi connectivity index (χ0) is 20.6. The van der Waals surface area contributed by atoms with E-state index in [1.165, 1.54) is 41.3 Å². The van der Waals surface area contributed by atoms with Gasteiger partial charge in [-0.1, -0.05) is 12.1 Å². The van der Waals surface area contributed by atoms with Gasteiger partial charge in [0.05, 0.1) is 29.6 Å². The predicted molar refractivity (Wildman–Crippen MR) is 99.0 cm³/mol. The lowest BCUT2D eigenvalue weighted by Crippen LogP contribution is -2.11. The predicted octanol–water partition coefficient (Wildman–Crippen LogP) is 4.82. The second-order valence-electron chi connectivity index (χ2n) is 6.47. The summed E-state index contributed by atoms with van der Waals surface area (Å²) in [5.74, 6) is -0.856. The van der Waals surface area contributed by atoms with Crippen LogP contribution in [0, 0.1) is 5.82 Å². The lowest BCUT2D eigenvalue weighted by molar-refractivity contribution is -0.137. The van der Waals surface area contributed by atoms with E-state index < -0.39 is 23.5 Å². The number of rotatable bonds is 4. The Morgan fingerprint density at radius 2 is 1.90 bits per heavy atom. The summed E-state index contributed by atoms with van der Waals surface area (Å²) < 4.78 is 52.8. The van der Waals surface area contributed by atoms with Crippen LogP contribution in [0.5, 0.6) is 0 Å². The number of anilines is 1. The number of aromatic nitrogens is 3. The fraction of sp³-hybridized carbons (Fsp3) is 0.100. The van der Waals surface area contributed by atoms with Gasteiger partial charge in [-0.2, -0.15) is 18.3 Å².